The molecule has 1 fully saturated rings. The van der Waals surface area contributed by atoms with Gasteiger partial charge in [0, 0.05) is 17.8 Å². The van der Waals surface area contributed by atoms with Crippen LogP contribution in [-0.2, 0) is 19.4 Å². The SMILES string of the molecule is CCn1ncnc1C(NC(=O)c1n[nH]c2c1CCCC2)C1CC1. The Bertz CT molecular complexity index is 714. The van der Waals surface area contributed by atoms with Crippen molar-refractivity contribution >= 4 is 5.91 Å². The predicted molar refractivity (Wildman–Crippen MR) is 83.9 cm³/mol. The van der Waals surface area contributed by atoms with Crippen molar-refractivity contribution < 1.29 is 4.79 Å². The maximum atomic E-state index is 12.8. The molecular formula is C16H22N6O. The standard InChI is InChI=1S/C16H22N6O/c1-2-22-15(17-9-18-22)13(10-7-8-10)19-16(23)14-11-5-3-4-6-12(11)20-21-14/h9-10,13H,2-8H2,1H3,(H,19,23)(H,20,21). The molecule has 0 saturated heterocycles. The van der Waals surface area contributed by atoms with Gasteiger partial charge in [0.2, 0.25) is 0 Å². The molecule has 7 heteroatoms. The summed E-state index contributed by atoms with van der Waals surface area (Å²) < 4.78 is 1.86. The van der Waals surface area contributed by atoms with Gasteiger partial charge in [-0.15, -0.1) is 0 Å². The molecule has 0 radical (unpaired) electrons. The van der Waals surface area contributed by atoms with Crippen molar-refractivity contribution in [3.05, 3.63) is 29.1 Å². The molecule has 2 aromatic rings. The second-order valence-electron chi connectivity index (χ2n) is 6.46. The monoisotopic (exact) mass is 314 g/mol. The number of fused-ring (bicyclic) bond motifs is 1. The van der Waals surface area contributed by atoms with E-state index in [-0.39, 0.29) is 11.9 Å². The van der Waals surface area contributed by atoms with Gasteiger partial charge in [0.05, 0.1) is 6.04 Å². The van der Waals surface area contributed by atoms with Gasteiger partial charge in [-0.1, -0.05) is 0 Å². The summed E-state index contributed by atoms with van der Waals surface area (Å²) in [6, 6.07) is -0.0686. The number of carbonyl (C=O) groups excluding carboxylic acids is 1. The number of hydrogen-bond acceptors (Lipinski definition) is 4. The molecule has 1 unspecified atom stereocenters. The Morgan fingerprint density at radius 2 is 2.26 bits per heavy atom. The summed E-state index contributed by atoms with van der Waals surface area (Å²) in [6.07, 6.45) is 8.04. The minimum absolute atomic E-state index is 0.0686. The number of nitrogens with one attached hydrogen (secondary N) is 2. The average Bonchev–Trinajstić information content (AvgIpc) is 3.15. The highest BCUT2D eigenvalue weighted by molar-refractivity contribution is 5.94. The summed E-state index contributed by atoms with van der Waals surface area (Å²) in [5, 5.41) is 14.7. The topological polar surface area (TPSA) is 88.5 Å². The van der Waals surface area contributed by atoms with Crippen LogP contribution < -0.4 is 5.32 Å². The molecule has 7 nitrogen and oxygen atoms in total. The van der Waals surface area contributed by atoms with Gasteiger partial charge >= 0.3 is 0 Å². The van der Waals surface area contributed by atoms with Crippen molar-refractivity contribution in [1.29, 1.82) is 0 Å². The lowest BCUT2D eigenvalue weighted by Crippen LogP contribution is -2.33. The second-order valence-corrected chi connectivity index (χ2v) is 6.46. The van der Waals surface area contributed by atoms with Crippen LogP contribution in [0.1, 0.15) is 66.2 Å². The number of aryl methyl sites for hydroxylation is 2. The summed E-state index contributed by atoms with van der Waals surface area (Å²) in [5.41, 5.74) is 2.79. The predicted octanol–water partition coefficient (Wildman–Crippen LogP) is 1.78. The highest BCUT2D eigenvalue weighted by Crippen LogP contribution is 2.40. The summed E-state index contributed by atoms with van der Waals surface area (Å²) in [4.78, 5) is 17.1. The lowest BCUT2D eigenvalue weighted by atomic mass is 9.95. The zero-order valence-corrected chi connectivity index (χ0v) is 13.4. The molecular weight excluding hydrogens is 292 g/mol. The fraction of sp³-hybridized carbons (Fsp3) is 0.625. The van der Waals surface area contributed by atoms with E-state index in [1.807, 2.05) is 11.6 Å². The van der Waals surface area contributed by atoms with Crippen molar-refractivity contribution in [1.82, 2.24) is 30.3 Å². The van der Waals surface area contributed by atoms with Crippen molar-refractivity contribution in [3.63, 3.8) is 0 Å². The molecule has 0 spiro atoms. The molecule has 2 aromatic heterocycles. The van der Waals surface area contributed by atoms with Gasteiger partial charge in [0.25, 0.3) is 5.91 Å². The van der Waals surface area contributed by atoms with Gasteiger partial charge in [-0.3, -0.25) is 9.89 Å². The lowest BCUT2D eigenvalue weighted by Gasteiger charge is -2.18. The summed E-state index contributed by atoms with van der Waals surface area (Å²) >= 11 is 0. The molecule has 1 saturated carbocycles. The quantitative estimate of drug-likeness (QED) is 0.880. The summed E-state index contributed by atoms with van der Waals surface area (Å²) in [5.74, 6) is 1.22. The van der Waals surface area contributed by atoms with Crippen LogP contribution in [0.5, 0.6) is 0 Å². The Balaban J connectivity index is 1.58. The number of aromatic nitrogens is 5. The van der Waals surface area contributed by atoms with Gasteiger partial charge in [-0.05, 0) is 51.4 Å². The molecule has 0 bridgehead atoms. The van der Waals surface area contributed by atoms with E-state index in [0.29, 0.717) is 11.6 Å². The molecule has 2 N–H and O–H groups in total. The Labute approximate surface area is 134 Å². The highest BCUT2D eigenvalue weighted by atomic mass is 16.2. The van der Waals surface area contributed by atoms with E-state index in [4.69, 9.17) is 0 Å². The normalized spacial score (nSPS) is 18.5. The second kappa shape index (κ2) is 5.79. The molecule has 4 rings (SSSR count). The largest absolute Gasteiger partial charge is 0.340 e. The maximum absolute atomic E-state index is 12.8. The number of rotatable bonds is 5. The Morgan fingerprint density at radius 1 is 1.43 bits per heavy atom. The fourth-order valence-corrected chi connectivity index (χ4v) is 3.46. The lowest BCUT2D eigenvalue weighted by molar-refractivity contribution is 0.0922. The molecule has 1 atom stereocenters. The van der Waals surface area contributed by atoms with Crippen molar-refractivity contribution in [2.24, 2.45) is 5.92 Å². The van der Waals surface area contributed by atoms with Gasteiger partial charge in [-0.2, -0.15) is 10.2 Å². The van der Waals surface area contributed by atoms with E-state index in [9.17, 15) is 4.79 Å². The molecule has 23 heavy (non-hydrogen) atoms. The first-order chi connectivity index (χ1) is 11.3. The first-order valence-corrected chi connectivity index (χ1v) is 8.52. The minimum atomic E-state index is -0.0908. The van der Waals surface area contributed by atoms with Crippen LogP contribution in [0.4, 0.5) is 0 Å². The van der Waals surface area contributed by atoms with Gasteiger partial charge < -0.3 is 5.32 Å². The van der Waals surface area contributed by atoms with E-state index in [0.717, 1.165) is 55.7 Å². The molecule has 1 amide bonds. The Kier molecular flexibility index (Phi) is 3.63. The van der Waals surface area contributed by atoms with E-state index in [1.165, 1.54) is 6.42 Å². The van der Waals surface area contributed by atoms with Crippen LogP contribution in [0, 0.1) is 5.92 Å². The van der Waals surface area contributed by atoms with Crippen LogP contribution in [0.2, 0.25) is 0 Å². The molecule has 0 aliphatic heterocycles. The fourth-order valence-electron chi connectivity index (χ4n) is 3.46. The summed E-state index contributed by atoms with van der Waals surface area (Å²) in [7, 11) is 0. The Hall–Kier alpha value is -2.18. The van der Waals surface area contributed by atoms with E-state index < -0.39 is 0 Å². The van der Waals surface area contributed by atoms with Crippen molar-refractivity contribution in [2.45, 2.75) is 58.0 Å². The smallest absolute Gasteiger partial charge is 0.272 e. The summed E-state index contributed by atoms with van der Waals surface area (Å²) in [6.45, 7) is 2.79. The third-order valence-corrected chi connectivity index (χ3v) is 4.87. The number of H-pyrrole nitrogens is 1. The number of carbonyl (C=O) groups is 1. The third-order valence-electron chi connectivity index (χ3n) is 4.87. The first-order valence-electron chi connectivity index (χ1n) is 8.52. The van der Waals surface area contributed by atoms with Crippen LogP contribution >= 0.6 is 0 Å². The highest BCUT2D eigenvalue weighted by Gasteiger charge is 2.37. The number of aromatic amines is 1. The van der Waals surface area contributed by atoms with Gasteiger partial charge in [0.15, 0.2) is 5.69 Å². The van der Waals surface area contributed by atoms with E-state index >= 15 is 0 Å². The maximum Gasteiger partial charge on any atom is 0.272 e. The number of hydrogen-bond donors (Lipinski definition) is 2. The third kappa shape index (κ3) is 2.64. The molecule has 0 aromatic carbocycles. The molecule has 2 aliphatic carbocycles. The number of amides is 1. The van der Waals surface area contributed by atoms with E-state index in [2.05, 4.69) is 25.6 Å². The first kappa shape index (κ1) is 14.4. The average molecular weight is 314 g/mol. The van der Waals surface area contributed by atoms with Gasteiger partial charge in [0.1, 0.15) is 12.2 Å². The van der Waals surface area contributed by atoms with Crippen molar-refractivity contribution in [3.8, 4) is 0 Å². The molecule has 2 aliphatic rings. The van der Waals surface area contributed by atoms with Crippen LogP contribution in [0.25, 0.3) is 0 Å². The zero-order chi connectivity index (χ0) is 15.8. The number of nitrogens with zero attached hydrogens (tertiary/aromatic N) is 4. The van der Waals surface area contributed by atoms with E-state index in [1.54, 1.807) is 6.33 Å². The van der Waals surface area contributed by atoms with Crippen LogP contribution in [0.3, 0.4) is 0 Å². The zero-order valence-electron chi connectivity index (χ0n) is 13.4. The minimum Gasteiger partial charge on any atom is -0.340 e. The van der Waals surface area contributed by atoms with Crippen LogP contribution in [-0.4, -0.2) is 30.9 Å². The van der Waals surface area contributed by atoms with Crippen LogP contribution in [0.15, 0.2) is 6.33 Å². The van der Waals surface area contributed by atoms with Gasteiger partial charge in [-0.25, -0.2) is 9.67 Å². The molecule has 2 heterocycles. The molecule has 122 valence electrons. The van der Waals surface area contributed by atoms with Crippen molar-refractivity contribution in [2.75, 3.05) is 0 Å². The Morgan fingerprint density at radius 3 is 3.04 bits per heavy atom.